The highest BCUT2D eigenvalue weighted by molar-refractivity contribution is 7.09. The normalized spacial score (nSPS) is 16.4. The summed E-state index contributed by atoms with van der Waals surface area (Å²) < 4.78 is 5.02. The molecule has 5 nitrogen and oxygen atoms in total. The maximum atomic E-state index is 11.6. The number of hydrogen-bond donors (Lipinski definition) is 1. The third-order valence-electron chi connectivity index (χ3n) is 3.50. The van der Waals surface area contributed by atoms with Crippen molar-refractivity contribution in [3.63, 3.8) is 0 Å². The number of amides is 1. The Kier molecular flexibility index (Phi) is 5.79. The summed E-state index contributed by atoms with van der Waals surface area (Å²) in [5, 5.41) is 6.81. The molecule has 0 aromatic carbocycles. The Morgan fingerprint density at radius 1 is 1.55 bits per heavy atom. The van der Waals surface area contributed by atoms with Crippen LogP contribution in [-0.2, 0) is 11.2 Å². The van der Waals surface area contributed by atoms with E-state index in [1.54, 1.807) is 16.2 Å². The molecule has 0 spiro atoms. The second-order valence-corrected chi connectivity index (χ2v) is 6.08. The molecule has 0 atom stereocenters. The van der Waals surface area contributed by atoms with E-state index in [1.807, 2.05) is 13.8 Å². The molecule has 1 aliphatic rings. The van der Waals surface area contributed by atoms with Crippen LogP contribution in [0.1, 0.15) is 30.5 Å². The second-order valence-electron chi connectivity index (χ2n) is 5.02. The van der Waals surface area contributed by atoms with E-state index in [1.165, 1.54) is 5.69 Å². The van der Waals surface area contributed by atoms with E-state index in [0.717, 1.165) is 43.9 Å². The summed E-state index contributed by atoms with van der Waals surface area (Å²) in [5.74, 6) is 0. The van der Waals surface area contributed by atoms with Gasteiger partial charge in [0.2, 0.25) is 0 Å². The molecule has 0 bridgehead atoms. The fourth-order valence-corrected chi connectivity index (χ4v) is 3.06. The maximum Gasteiger partial charge on any atom is 0.409 e. The number of aromatic nitrogens is 1. The number of ether oxygens (including phenoxy) is 1. The molecule has 20 heavy (non-hydrogen) atoms. The van der Waals surface area contributed by atoms with Gasteiger partial charge in [-0.25, -0.2) is 9.78 Å². The second kappa shape index (κ2) is 7.59. The number of hydrogen-bond acceptors (Lipinski definition) is 5. The van der Waals surface area contributed by atoms with Crippen LogP contribution < -0.4 is 5.32 Å². The quantitative estimate of drug-likeness (QED) is 0.905. The number of thiazole rings is 1. The van der Waals surface area contributed by atoms with Gasteiger partial charge in [-0.05, 0) is 26.7 Å². The van der Waals surface area contributed by atoms with Gasteiger partial charge >= 0.3 is 6.09 Å². The third-order valence-corrected chi connectivity index (χ3v) is 4.32. The number of piperidine rings is 1. The van der Waals surface area contributed by atoms with Gasteiger partial charge in [0.15, 0.2) is 0 Å². The lowest BCUT2D eigenvalue weighted by atomic mass is 10.1. The Bertz CT molecular complexity index is 428. The molecule has 1 fully saturated rings. The van der Waals surface area contributed by atoms with E-state index in [0.29, 0.717) is 12.6 Å². The van der Waals surface area contributed by atoms with Gasteiger partial charge in [-0.3, -0.25) is 0 Å². The monoisotopic (exact) mass is 297 g/mol. The summed E-state index contributed by atoms with van der Waals surface area (Å²) in [6.45, 7) is 6.84. The SMILES string of the molecule is CCOC(=O)N1CCC(NCCc2csc(C)n2)CC1. The molecule has 1 saturated heterocycles. The molecule has 0 aliphatic carbocycles. The van der Waals surface area contributed by atoms with Gasteiger partial charge in [-0.2, -0.15) is 0 Å². The fourth-order valence-electron chi connectivity index (χ4n) is 2.41. The zero-order valence-electron chi connectivity index (χ0n) is 12.2. The molecular formula is C14H23N3O2S. The van der Waals surface area contributed by atoms with Gasteiger partial charge < -0.3 is 15.0 Å². The summed E-state index contributed by atoms with van der Waals surface area (Å²) in [6.07, 6.45) is 2.79. The molecule has 1 N–H and O–H groups in total. The van der Waals surface area contributed by atoms with Gasteiger partial charge in [-0.15, -0.1) is 11.3 Å². The number of likely N-dealkylation sites (tertiary alicyclic amines) is 1. The van der Waals surface area contributed by atoms with Crippen LogP contribution in [0, 0.1) is 6.92 Å². The van der Waals surface area contributed by atoms with E-state index >= 15 is 0 Å². The number of rotatable bonds is 5. The summed E-state index contributed by atoms with van der Waals surface area (Å²) in [4.78, 5) is 17.8. The Balaban J connectivity index is 1.63. The molecule has 1 aromatic heterocycles. The molecular weight excluding hydrogens is 274 g/mol. The van der Waals surface area contributed by atoms with Crippen LogP contribution in [0.25, 0.3) is 0 Å². The van der Waals surface area contributed by atoms with E-state index in [9.17, 15) is 4.79 Å². The molecule has 1 aromatic rings. The van der Waals surface area contributed by atoms with Crippen molar-refractivity contribution < 1.29 is 9.53 Å². The zero-order valence-corrected chi connectivity index (χ0v) is 13.0. The number of carbonyl (C=O) groups is 1. The van der Waals surface area contributed by atoms with Crippen molar-refractivity contribution in [3.8, 4) is 0 Å². The van der Waals surface area contributed by atoms with Gasteiger partial charge in [0.05, 0.1) is 17.3 Å². The highest BCUT2D eigenvalue weighted by Gasteiger charge is 2.22. The van der Waals surface area contributed by atoms with Crippen LogP contribution in [0.15, 0.2) is 5.38 Å². The first kappa shape index (κ1) is 15.3. The van der Waals surface area contributed by atoms with Crippen LogP contribution >= 0.6 is 11.3 Å². The molecule has 112 valence electrons. The summed E-state index contributed by atoms with van der Waals surface area (Å²) in [7, 11) is 0. The number of aryl methyl sites for hydroxylation is 1. The van der Waals surface area contributed by atoms with E-state index < -0.39 is 0 Å². The summed E-state index contributed by atoms with van der Waals surface area (Å²) in [6, 6.07) is 0.500. The first-order valence-corrected chi connectivity index (χ1v) is 8.13. The van der Waals surface area contributed by atoms with E-state index in [-0.39, 0.29) is 6.09 Å². The molecule has 1 amide bonds. The smallest absolute Gasteiger partial charge is 0.409 e. The first-order chi connectivity index (χ1) is 9.69. The van der Waals surface area contributed by atoms with Crippen LogP contribution in [0.4, 0.5) is 4.79 Å². The van der Waals surface area contributed by atoms with Crippen LogP contribution in [0.5, 0.6) is 0 Å². The van der Waals surface area contributed by atoms with Crippen molar-refractivity contribution in [2.75, 3.05) is 26.2 Å². The Morgan fingerprint density at radius 3 is 2.90 bits per heavy atom. The average Bonchev–Trinajstić information content (AvgIpc) is 2.85. The predicted octanol–water partition coefficient (Wildman–Crippen LogP) is 2.20. The Hall–Kier alpha value is -1.14. The predicted molar refractivity (Wildman–Crippen MR) is 80.2 cm³/mol. The Morgan fingerprint density at radius 2 is 2.30 bits per heavy atom. The van der Waals surface area contributed by atoms with Gasteiger partial charge in [0, 0.05) is 37.5 Å². The van der Waals surface area contributed by atoms with Gasteiger partial charge in [-0.1, -0.05) is 0 Å². The van der Waals surface area contributed by atoms with Crippen LogP contribution in [-0.4, -0.2) is 48.3 Å². The lowest BCUT2D eigenvalue weighted by molar-refractivity contribution is 0.0952. The van der Waals surface area contributed by atoms with Crippen molar-refractivity contribution in [1.82, 2.24) is 15.2 Å². The first-order valence-electron chi connectivity index (χ1n) is 7.25. The number of nitrogens with one attached hydrogen (secondary N) is 1. The molecule has 2 rings (SSSR count). The highest BCUT2D eigenvalue weighted by Crippen LogP contribution is 2.12. The molecule has 0 unspecified atom stereocenters. The molecule has 2 heterocycles. The molecule has 1 aliphatic heterocycles. The molecule has 0 radical (unpaired) electrons. The lowest BCUT2D eigenvalue weighted by Gasteiger charge is -2.31. The van der Waals surface area contributed by atoms with E-state index in [4.69, 9.17) is 4.74 Å². The maximum absolute atomic E-state index is 11.6. The minimum atomic E-state index is -0.177. The van der Waals surface area contributed by atoms with Crippen molar-refractivity contribution in [3.05, 3.63) is 16.1 Å². The fraction of sp³-hybridized carbons (Fsp3) is 0.714. The third kappa shape index (κ3) is 4.45. The number of carbonyl (C=O) groups excluding carboxylic acids is 1. The molecule has 0 saturated carbocycles. The van der Waals surface area contributed by atoms with Crippen molar-refractivity contribution >= 4 is 17.4 Å². The standard InChI is InChI=1S/C14H23N3O2S/c1-3-19-14(18)17-8-5-12(6-9-17)15-7-4-13-10-20-11(2)16-13/h10,12,15H,3-9H2,1-2H3. The van der Waals surface area contributed by atoms with Crippen molar-refractivity contribution in [1.29, 1.82) is 0 Å². The van der Waals surface area contributed by atoms with Gasteiger partial charge in [0.1, 0.15) is 0 Å². The van der Waals surface area contributed by atoms with Gasteiger partial charge in [0.25, 0.3) is 0 Å². The summed E-state index contributed by atoms with van der Waals surface area (Å²) in [5.41, 5.74) is 1.17. The van der Waals surface area contributed by atoms with E-state index in [2.05, 4.69) is 15.7 Å². The zero-order chi connectivity index (χ0) is 14.4. The minimum absolute atomic E-state index is 0.177. The average molecular weight is 297 g/mol. The molecule has 6 heteroatoms. The van der Waals surface area contributed by atoms with Crippen LogP contribution in [0.2, 0.25) is 0 Å². The number of nitrogens with zero attached hydrogens (tertiary/aromatic N) is 2. The largest absolute Gasteiger partial charge is 0.450 e. The lowest BCUT2D eigenvalue weighted by Crippen LogP contribution is -2.45. The van der Waals surface area contributed by atoms with Crippen LogP contribution in [0.3, 0.4) is 0 Å². The van der Waals surface area contributed by atoms with Crippen molar-refractivity contribution in [2.24, 2.45) is 0 Å². The topological polar surface area (TPSA) is 54.5 Å². The minimum Gasteiger partial charge on any atom is -0.450 e. The highest BCUT2D eigenvalue weighted by atomic mass is 32.1. The van der Waals surface area contributed by atoms with Crippen molar-refractivity contribution in [2.45, 2.75) is 39.2 Å². The summed E-state index contributed by atoms with van der Waals surface area (Å²) >= 11 is 1.70. The Labute approximate surface area is 124 Å².